The first kappa shape index (κ1) is 23.7. The maximum absolute atomic E-state index is 13.8. The Morgan fingerprint density at radius 3 is 2.44 bits per heavy atom. The molecule has 1 aromatic heterocycles. The van der Waals surface area contributed by atoms with Crippen molar-refractivity contribution < 1.29 is 23.5 Å². The molecule has 1 heterocycles. The summed E-state index contributed by atoms with van der Waals surface area (Å²) in [4.78, 5) is 28.9. The molecule has 1 atom stereocenters. The number of nitrogens with one attached hydrogen (secondary N) is 1. The van der Waals surface area contributed by atoms with Gasteiger partial charge in [-0.15, -0.1) is 0 Å². The predicted octanol–water partition coefficient (Wildman–Crippen LogP) is 5.40. The minimum Gasteiger partial charge on any atom is -0.493 e. The van der Waals surface area contributed by atoms with Crippen LogP contribution in [0.2, 0.25) is 5.02 Å². The quantitative estimate of drug-likeness (QED) is 0.465. The lowest BCUT2D eigenvalue weighted by Gasteiger charge is -2.32. The molecule has 1 aliphatic rings. The third-order valence-electron chi connectivity index (χ3n) is 5.97. The summed E-state index contributed by atoms with van der Waals surface area (Å²) in [6.45, 7) is 0. The molecule has 1 saturated carbocycles. The highest BCUT2D eigenvalue weighted by Crippen LogP contribution is 2.36. The fourth-order valence-electron chi connectivity index (χ4n) is 4.32. The number of halogens is 1. The van der Waals surface area contributed by atoms with E-state index < -0.39 is 11.9 Å². The van der Waals surface area contributed by atoms with Crippen LogP contribution in [-0.4, -0.2) is 32.1 Å². The number of amides is 2. The largest absolute Gasteiger partial charge is 0.493 e. The Labute approximate surface area is 203 Å². The smallest absolute Gasteiger partial charge is 0.294 e. The molecule has 1 N–H and O–H groups in total. The van der Waals surface area contributed by atoms with Gasteiger partial charge in [0.15, 0.2) is 17.3 Å². The maximum atomic E-state index is 13.8. The van der Waals surface area contributed by atoms with Crippen LogP contribution in [0.1, 0.15) is 47.8 Å². The zero-order valence-electron chi connectivity index (χ0n) is 19.1. The monoisotopic (exact) mass is 482 g/mol. The van der Waals surface area contributed by atoms with Crippen molar-refractivity contribution in [1.82, 2.24) is 5.32 Å². The third-order valence-corrected chi connectivity index (χ3v) is 6.20. The highest BCUT2D eigenvalue weighted by atomic mass is 35.5. The van der Waals surface area contributed by atoms with Crippen LogP contribution in [-0.2, 0) is 4.79 Å². The summed E-state index contributed by atoms with van der Waals surface area (Å²) >= 11 is 6.28. The SMILES string of the molecule is COc1ccc([C@@H](C(=O)NC2CCCC2)N(C(=O)c2ccco2)c2cccc(Cl)c2)cc1OC. The summed E-state index contributed by atoms with van der Waals surface area (Å²) in [6, 6.07) is 14.3. The zero-order chi connectivity index (χ0) is 24.1. The van der Waals surface area contributed by atoms with E-state index in [1.807, 2.05) is 0 Å². The van der Waals surface area contributed by atoms with Gasteiger partial charge < -0.3 is 19.2 Å². The minimum atomic E-state index is -1.00. The molecule has 1 aliphatic carbocycles. The Kier molecular flexibility index (Phi) is 7.43. The molecule has 178 valence electrons. The Hall–Kier alpha value is -3.45. The van der Waals surface area contributed by atoms with Crippen LogP contribution >= 0.6 is 11.6 Å². The number of carbonyl (C=O) groups is 2. The van der Waals surface area contributed by atoms with Crippen molar-refractivity contribution in [1.29, 1.82) is 0 Å². The van der Waals surface area contributed by atoms with E-state index >= 15 is 0 Å². The Morgan fingerprint density at radius 2 is 1.79 bits per heavy atom. The molecule has 2 aromatic carbocycles. The molecule has 3 aromatic rings. The second-order valence-corrected chi connectivity index (χ2v) is 8.58. The van der Waals surface area contributed by atoms with E-state index in [2.05, 4.69) is 5.32 Å². The lowest BCUT2D eigenvalue weighted by Crippen LogP contribution is -2.46. The van der Waals surface area contributed by atoms with Gasteiger partial charge in [-0.1, -0.05) is 36.6 Å². The topological polar surface area (TPSA) is 81.0 Å². The summed E-state index contributed by atoms with van der Waals surface area (Å²) in [5.74, 6) is 0.328. The van der Waals surface area contributed by atoms with E-state index in [1.165, 1.54) is 18.3 Å². The number of benzene rings is 2. The van der Waals surface area contributed by atoms with Crippen molar-refractivity contribution in [3.05, 3.63) is 77.2 Å². The fourth-order valence-corrected chi connectivity index (χ4v) is 4.50. The number of methoxy groups -OCH3 is 2. The third kappa shape index (κ3) is 5.04. The van der Waals surface area contributed by atoms with E-state index in [0.717, 1.165) is 25.7 Å². The highest BCUT2D eigenvalue weighted by Gasteiger charge is 2.36. The normalized spacial score (nSPS) is 14.4. The van der Waals surface area contributed by atoms with Gasteiger partial charge in [-0.3, -0.25) is 14.5 Å². The Balaban J connectivity index is 1.85. The average Bonchev–Trinajstić information content (AvgIpc) is 3.56. The number of hydrogen-bond acceptors (Lipinski definition) is 5. The van der Waals surface area contributed by atoms with E-state index in [0.29, 0.717) is 27.8 Å². The average molecular weight is 483 g/mol. The van der Waals surface area contributed by atoms with E-state index in [-0.39, 0.29) is 17.7 Å². The van der Waals surface area contributed by atoms with Gasteiger partial charge in [0.05, 0.1) is 20.5 Å². The van der Waals surface area contributed by atoms with Crippen molar-refractivity contribution in [2.75, 3.05) is 19.1 Å². The first-order chi connectivity index (χ1) is 16.5. The number of anilines is 1. The maximum Gasteiger partial charge on any atom is 0.294 e. The number of carbonyl (C=O) groups excluding carboxylic acids is 2. The van der Waals surface area contributed by atoms with Gasteiger partial charge in [-0.25, -0.2) is 0 Å². The fraction of sp³-hybridized carbons (Fsp3) is 0.308. The lowest BCUT2D eigenvalue weighted by atomic mass is 10.0. The minimum absolute atomic E-state index is 0.0649. The second-order valence-electron chi connectivity index (χ2n) is 8.14. The van der Waals surface area contributed by atoms with Gasteiger partial charge in [0.1, 0.15) is 6.04 Å². The molecule has 0 aliphatic heterocycles. The van der Waals surface area contributed by atoms with Crippen LogP contribution in [0.15, 0.2) is 65.3 Å². The van der Waals surface area contributed by atoms with Crippen molar-refractivity contribution in [3.8, 4) is 11.5 Å². The van der Waals surface area contributed by atoms with E-state index in [4.69, 9.17) is 25.5 Å². The second kappa shape index (κ2) is 10.7. The molecule has 7 nitrogen and oxygen atoms in total. The number of nitrogens with zero attached hydrogens (tertiary/aromatic N) is 1. The number of hydrogen-bond donors (Lipinski definition) is 1. The van der Waals surface area contributed by atoms with E-state index in [1.54, 1.807) is 61.7 Å². The molecule has 0 spiro atoms. The zero-order valence-corrected chi connectivity index (χ0v) is 19.9. The van der Waals surface area contributed by atoms with Crippen molar-refractivity contribution >= 4 is 29.1 Å². The van der Waals surface area contributed by atoms with Crippen LogP contribution in [0, 0.1) is 0 Å². The van der Waals surface area contributed by atoms with Crippen molar-refractivity contribution in [2.24, 2.45) is 0 Å². The number of rotatable bonds is 8. The predicted molar refractivity (Wildman–Crippen MR) is 130 cm³/mol. The van der Waals surface area contributed by atoms with Crippen molar-refractivity contribution in [3.63, 3.8) is 0 Å². The van der Waals surface area contributed by atoms with Gasteiger partial charge in [-0.05, 0) is 60.9 Å². The van der Waals surface area contributed by atoms with Crippen LogP contribution < -0.4 is 19.7 Å². The summed E-state index contributed by atoms with van der Waals surface area (Å²) in [6.07, 6.45) is 5.37. The standard InChI is InChI=1S/C26H27ClN2O5/c1-32-21-13-12-17(15-23(21)33-2)24(25(30)28-19-8-3-4-9-19)29(20-10-5-7-18(27)16-20)26(31)22-11-6-14-34-22/h5-7,10-16,19,24H,3-4,8-9H2,1-2H3,(H,28,30)/t24-/m0/s1. The molecular weight excluding hydrogens is 456 g/mol. The van der Waals surface area contributed by atoms with Crippen LogP contribution in [0.4, 0.5) is 5.69 Å². The van der Waals surface area contributed by atoms with Crippen LogP contribution in [0.5, 0.6) is 11.5 Å². The Morgan fingerprint density at radius 1 is 1.03 bits per heavy atom. The molecule has 0 bridgehead atoms. The van der Waals surface area contributed by atoms with Crippen LogP contribution in [0.25, 0.3) is 0 Å². The summed E-state index contributed by atoms with van der Waals surface area (Å²) < 4.78 is 16.3. The first-order valence-electron chi connectivity index (χ1n) is 11.2. The van der Waals surface area contributed by atoms with E-state index in [9.17, 15) is 9.59 Å². The lowest BCUT2D eigenvalue weighted by molar-refractivity contribution is -0.123. The molecule has 8 heteroatoms. The summed E-state index contributed by atoms with van der Waals surface area (Å²) in [5, 5.41) is 3.58. The van der Waals surface area contributed by atoms with Crippen LogP contribution in [0.3, 0.4) is 0 Å². The van der Waals surface area contributed by atoms with Gasteiger partial charge in [-0.2, -0.15) is 0 Å². The highest BCUT2D eigenvalue weighted by molar-refractivity contribution is 6.31. The molecule has 0 saturated heterocycles. The molecule has 1 fully saturated rings. The van der Waals surface area contributed by atoms with Gasteiger partial charge in [0, 0.05) is 16.8 Å². The Bertz CT molecular complexity index is 1140. The molecule has 34 heavy (non-hydrogen) atoms. The van der Waals surface area contributed by atoms with Crippen molar-refractivity contribution in [2.45, 2.75) is 37.8 Å². The number of ether oxygens (including phenoxy) is 2. The summed E-state index contributed by atoms with van der Waals surface area (Å²) in [5.41, 5.74) is 1.03. The molecule has 2 amide bonds. The van der Waals surface area contributed by atoms with Gasteiger partial charge in [0.25, 0.3) is 5.91 Å². The molecule has 4 rings (SSSR count). The molecule has 0 unspecified atom stereocenters. The van der Waals surface area contributed by atoms with Gasteiger partial charge in [0.2, 0.25) is 5.91 Å². The molecular formula is C26H27ClN2O5. The first-order valence-corrected chi connectivity index (χ1v) is 11.5. The molecule has 0 radical (unpaired) electrons. The summed E-state index contributed by atoms with van der Waals surface area (Å²) in [7, 11) is 3.07. The van der Waals surface area contributed by atoms with Gasteiger partial charge >= 0.3 is 0 Å². The number of furan rings is 1.